The summed E-state index contributed by atoms with van der Waals surface area (Å²) in [6.07, 6.45) is 1.16. The lowest BCUT2D eigenvalue weighted by molar-refractivity contribution is -0.160. The summed E-state index contributed by atoms with van der Waals surface area (Å²) in [5.74, 6) is -1.28. The number of allylic oxidation sites excluding steroid dienone is 4. The fraction of sp³-hybridized carbons (Fsp3) is 0.556. The molecule has 0 aromatic rings. The second-order valence-electron chi connectivity index (χ2n) is 3.07. The van der Waals surface area contributed by atoms with Crippen molar-refractivity contribution in [2.75, 3.05) is 0 Å². The Morgan fingerprint density at radius 2 is 2.08 bits per heavy atom. The fourth-order valence-corrected chi connectivity index (χ4v) is 1.15. The summed E-state index contributed by atoms with van der Waals surface area (Å²) < 4.78 is 36.5. The van der Waals surface area contributed by atoms with Crippen LogP contribution >= 0.6 is 0 Å². The van der Waals surface area contributed by atoms with Gasteiger partial charge in [-0.05, 0) is 19.8 Å². The van der Waals surface area contributed by atoms with Crippen molar-refractivity contribution in [1.82, 2.24) is 0 Å². The zero-order valence-corrected chi connectivity index (χ0v) is 6.86. The van der Waals surface area contributed by atoms with Gasteiger partial charge in [-0.2, -0.15) is 13.2 Å². The Kier molecular flexibility index (Phi) is 2.60. The molecule has 0 heterocycles. The molecule has 0 N–H and O–H groups in total. The highest BCUT2D eigenvalue weighted by Crippen LogP contribution is 2.32. The molecule has 3 heteroatoms. The Balaban J connectivity index is 2.70. The van der Waals surface area contributed by atoms with Crippen LogP contribution in [0, 0.1) is 5.92 Å². The van der Waals surface area contributed by atoms with E-state index in [2.05, 4.69) is 0 Å². The minimum atomic E-state index is -4.09. The van der Waals surface area contributed by atoms with Crippen LogP contribution in [0.2, 0.25) is 0 Å². The van der Waals surface area contributed by atoms with Crippen molar-refractivity contribution >= 4 is 0 Å². The first-order valence-electron chi connectivity index (χ1n) is 3.89. The maximum atomic E-state index is 12.2. The molecule has 0 saturated carbocycles. The van der Waals surface area contributed by atoms with Gasteiger partial charge in [0, 0.05) is 0 Å². The zero-order chi connectivity index (χ0) is 9.19. The molecule has 0 aromatic carbocycles. The van der Waals surface area contributed by atoms with Crippen molar-refractivity contribution in [3.05, 3.63) is 23.8 Å². The van der Waals surface area contributed by atoms with E-state index in [0.29, 0.717) is 6.42 Å². The van der Waals surface area contributed by atoms with Gasteiger partial charge in [0.05, 0.1) is 5.92 Å². The molecule has 0 fully saturated rings. The van der Waals surface area contributed by atoms with E-state index in [1.54, 1.807) is 12.2 Å². The van der Waals surface area contributed by atoms with E-state index in [-0.39, 0.29) is 6.42 Å². The fourth-order valence-electron chi connectivity index (χ4n) is 1.15. The Labute approximate surface area is 69.8 Å². The third-order valence-electron chi connectivity index (χ3n) is 1.95. The molecule has 1 rings (SSSR count). The lowest BCUT2D eigenvalue weighted by atomic mass is 10.1. The molecule has 1 aliphatic carbocycles. The highest BCUT2D eigenvalue weighted by Gasteiger charge is 2.36. The van der Waals surface area contributed by atoms with Gasteiger partial charge in [-0.3, -0.25) is 0 Å². The van der Waals surface area contributed by atoms with Gasteiger partial charge in [0.25, 0.3) is 0 Å². The van der Waals surface area contributed by atoms with Gasteiger partial charge >= 0.3 is 6.18 Å². The van der Waals surface area contributed by atoms with E-state index < -0.39 is 12.1 Å². The van der Waals surface area contributed by atoms with Crippen molar-refractivity contribution in [3.8, 4) is 0 Å². The Morgan fingerprint density at radius 1 is 1.42 bits per heavy atom. The summed E-state index contributed by atoms with van der Waals surface area (Å²) in [5.41, 5.74) is 1.01. The van der Waals surface area contributed by atoms with Crippen molar-refractivity contribution in [2.24, 2.45) is 5.92 Å². The average Bonchev–Trinajstić information content (AvgIpc) is 2.11. The summed E-state index contributed by atoms with van der Waals surface area (Å²) >= 11 is 0. The van der Waals surface area contributed by atoms with Crippen LogP contribution in [-0.2, 0) is 0 Å². The first-order chi connectivity index (χ1) is 5.50. The molecule has 0 amide bonds. The zero-order valence-electron chi connectivity index (χ0n) is 6.86. The molecule has 12 heavy (non-hydrogen) atoms. The predicted molar refractivity (Wildman–Crippen MR) is 41.7 cm³/mol. The number of hydrogen-bond donors (Lipinski definition) is 0. The third kappa shape index (κ3) is 2.40. The monoisotopic (exact) mass is 176 g/mol. The molecule has 0 aromatic heterocycles. The minimum absolute atomic E-state index is 0.0891. The highest BCUT2D eigenvalue weighted by atomic mass is 19.4. The smallest absolute Gasteiger partial charge is 0.170 e. The van der Waals surface area contributed by atoms with Crippen LogP contribution in [0.1, 0.15) is 19.8 Å². The van der Waals surface area contributed by atoms with Crippen molar-refractivity contribution in [2.45, 2.75) is 25.9 Å². The number of alkyl halides is 3. The van der Waals surface area contributed by atoms with Crippen LogP contribution in [0.3, 0.4) is 0 Å². The number of hydrogen-bond acceptors (Lipinski definition) is 0. The normalized spacial score (nSPS) is 25.0. The van der Waals surface area contributed by atoms with E-state index in [1.807, 2.05) is 6.92 Å². The molecular weight excluding hydrogens is 165 g/mol. The quantitative estimate of drug-likeness (QED) is 0.496. The number of halogens is 3. The molecule has 68 valence electrons. The molecule has 0 radical (unpaired) electrons. The van der Waals surface area contributed by atoms with E-state index >= 15 is 0 Å². The summed E-state index contributed by atoms with van der Waals surface area (Å²) in [4.78, 5) is 0. The largest absolute Gasteiger partial charge is 0.395 e. The van der Waals surface area contributed by atoms with Gasteiger partial charge in [0.15, 0.2) is 0 Å². The first-order valence-corrected chi connectivity index (χ1v) is 3.89. The minimum Gasteiger partial charge on any atom is -0.170 e. The molecular formula is C9H11F3. The van der Waals surface area contributed by atoms with Gasteiger partial charge in [-0.1, -0.05) is 23.8 Å². The van der Waals surface area contributed by atoms with Crippen molar-refractivity contribution < 1.29 is 13.2 Å². The first kappa shape index (κ1) is 9.36. The molecule has 0 saturated heterocycles. The van der Waals surface area contributed by atoms with E-state index in [4.69, 9.17) is 0 Å². The van der Waals surface area contributed by atoms with Gasteiger partial charge in [-0.15, -0.1) is 0 Å². The van der Waals surface area contributed by atoms with Crippen LogP contribution in [0.25, 0.3) is 0 Å². The van der Waals surface area contributed by atoms with Crippen LogP contribution in [-0.4, -0.2) is 6.18 Å². The summed E-state index contributed by atoms with van der Waals surface area (Å²) in [5, 5.41) is 0. The Hall–Kier alpha value is -0.730. The third-order valence-corrected chi connectivity index (χ3v) is 1.95. The maximum absolute atomic E-state index is 12.2. The molecule has 0 spiro atoms. The molecule has 1 atom stereocenters. The standard InChI is InChI=1S/C9H11F3/c1-7-3-2-4-8(6-5-7)9(10,11)12/h2,4-5,8H,3,6H2,1H3. The highest BCUT2D eigenvalue weighted by molar-refractivity contribution is 5.11. The SMILES string of the molecule is CC1=CCC(C(F)(F)F)C=CC1. The van der Waals surface area contributed by atoms with E-state index in [9.17, 15) is 13.2 Å². The number of rotatable bonds is 0. The second-order valence-corrected chi connectivity index (χ2v) is 3.07. The van der Waals surface area contributed by atoms with Crippen LogP contribution in [0.4, 0.5) is 13.2 Å². The second kappa shape index (κ2) is 3.33. The average molecular weight is 176 g/mol. The van der Waals surface area contributed by atoms with Crippen molar-refractivity contribution in [3.63, 3.8) is 0 Å². The van der Waals surface area contributed by atoms with E-state index in [1.165, 1.54) is 6.08 Å². The van der Waals surface area contributed by atoms with Crippen molar-refractivity contribution in [1.29, 1.82) is 0 Å². The molecule has 0 nitrogen and oxygen atoms in total. The Morgan fingerprint density at radius 3 is 2.67 bits per heavy atom. The van der Waals surface area contributed by atoms with Gasteiger partial charge in [0.2, 0.25) is 0 Å². The molecule has 1 aliphatic rings. The topological polar surface area (TPSA) is 0 Å². The molecule has 0 aliphatic heterocycles. The van der Waals surface area contributed by atoms with Gasteiger partial charge in [0.1, 0.15) is 0 Å². The summed E-state index contributed by atoms with van der Waals surface area (Å²) in [7, 11) is 0. The molecule has 1 unspecified atom stereocenters. The van der Waals surface area contributed by atoms with E-state index in [0.717, 1.165) is 5.57 Å². The maximum Gasteiger partial charge on any atom is 0.395 e. The lowest BCUT2D eigenvalue weighted by Gasteiger charge is -2.13. The Bertz CT molecular complexity index is 210. The van der Waals surface area contributed by atoms with Crippen LogP contribution in [0.5, 0.6) is 0 Å². The van der Waals surface area contributed by atoms with Gasteiger partial charge in [-0.25, -0.2) is 0 Å². The van der Waals surface area contributed by atoms with Crippen LogP contribution in [0.15, 0.2) is 23.8 Å². The predicted octanol–water partition coefficient (Wildman–Crippen LogP) is 3.46. The van der Waals surface area contributed by atoms with Gasteiger partial charge < -0.3 is 0 Å². The lowest BCUT2D eigenvalue weighted by Crippen LogP contribution is -2.19. The van der Waals surface area contributed by atoms with Crippen LogP contribution < -0.4 is 0 Å². The summed E-state index contributed by atoms with van der Waals surface area (Å²) in [6.45, 7) is 1.85. The molecule has 0 bridgehead atoms. The summed E-state index contributed by atoms with van der Waals surface area (Å²) in [6, 6.07) is 0.